The third-order valence-electron chi connectivity index (χ3n) is 5.62. The van der Waals surface area contributed by atoms with Crippen molar-refractivity contribution in [1.82, 2.24) is 9.97 Å². The van der Waals surface area contributed by atoms with E-state index >= 15 is 0 Å². The minimum Gasteiger partial charge on any atom is -0.296 e. The zero-order valence-corrected chi connectivity index (χ0v) is 17.9. The molecule has 1 aromatic heterocycles. The van der Waals surface area contributed by atoms with E-state index in [0.29, 0.717) is 17.1 Å². The Kier molecular flexibility index (Phi) is 6.26. The first kappa shape index (κ1) is 20.7. The van der Waals surface area contributed by atoms with Gasteiger partial charge in [-0.05, 0) is 54.0 Å². The fourth-order valence-electron chi connectivity index (χ4n) is 4.12. The maximum atomic E-state index is 13.5. The average molecular weight is 441 g/mol. The molecule has 154 valence electrons. The molecule has 2 saturated heterocycles. The number of nitriles is 1. The van der Waals surface area contributed by atoms with E-state index in [1.54, 1.807) is 6.07 Å². The van der Waals surface area contributed by atoms with Gasteiger partial charge in [0.2, 0.25) is 11.2 Å². The van der Waals surface area contributed by atoms with E-state index in [4.69, 9.17) is 11.6 Å². The molecular weight excluding hydrogens is 420 g/mol. The molecule has 0 unspecified atom stereocenters. The summed E-state index contributed by atoms with van der Waals surface area (Å²) in [6.45, 7) is 0.199. The lowest BCUT2D eigenvalue weighted by atomic mass is 9.85. The van der Waals surface area contributed by atoms with E-state index in [-0.39, 0.29) is 34.0 Å². The first-order valence-corrected chi connectivity index (χ1v) is 11.8. The highest BCUT2D eigenvalue weighted by atomic mass is 35.5. The van der Waals surface area contributed by atoms with E-state index in [0.717, 1.165) is 29.9 Å². The number of carbonyl (C=O) groups is 2. The summed E-state index contributed by atoms with van der Waals surface area (Å²) < 4.78 is 0. The number of Topliss-reactive ketones (excluding diaryl/α,β-unsaturated/α-hetero) is 1. The molecule has 4 rings (SSSR count). The van der Waals surface area contributed by atoms with Crippen molar-refractivity contribution in [1.29, 1.82) is 5.26 Å². The molecular formula is C22H21ClN4O2S. The van der Waals surface area contributed by atoms with Crippen molar-refractivity contribution in [2.45, 2.75) is 19.3 Å². The van der Waals surface area contributed by atoms with Crippen LogP contribution in [0.25, 0.3) is 0 Å². The molecule has 2 fully saturated rings. The second-order valence-electron chi connectivity index (χ2n) is 7.45. The van der Waals surface area contributed by atoms with Gasteiger partial charge in [-0.1, -0.05) is 30.3 Å². The van der Waals surface area contributed by atoms with E-state index in [2.05, 4.69) is 16.0 Å². The molecule has 0 saturated carbocycles. The van der Waals surface area contributed by atoms with Crippen LogP contribution >= 0.6 is 22.1 Å². The van der Waals surface area contributed by atoms with Crippen molar-refractivity contribution in [3.05, 3.63) is 53.4 Å². The lowest BCUT2D eigenvalue weighted by molar-refractivity contribution is -0.124. The molecule has 1 amide bonds. The number of nitrogens with zero attached hydrogens (tertiary/aromatic N) is 4. The molecule has 0 bridgehead atoms. The third kappa shape index (κ3) is 4.16. The van der Waals surface area contributed by atoms with Crippen molar-refractivity contribution >= 4 is 44.5 Å². The predicted octanol–water partition coefficient (Wildman–Crippen LogP) is 3.28. The molecule has 2 aliphatic heterocycles. The van der Waals surface area contributed by atoms with Crippen LogP contribution in [-0.2, 0) is 16.0 Å². The summed E-state index contributed by atoms with van der Waals surface area (Å²) in [6, 6.07) is 13.5. The highest BCUT2D eigenvalue weighted by molar-refractivity contribution is 8.17. The van der Waals surface area contributed by atoms with Gasteiger partial charge in [0.15, 0.2) is 5.78 Å². The quantitative estimate of drug-likeness (QED) is 0.526. The zero-order valence-electron chi connectivity index (χ0n) is 16.3. The number of hydrogen-bond acceptors (Lipinski definition) is 5. The molecule has 0 N–H and O–H groups in total. The van der Waals surface area contributed by atoms with Crippen LogP contribution in [0.2, 0.25) is 5.28 Å². The largest absolute Gasteiger partial charge is 0.296 e. The number of hydrogen-bond donors (Lipinski definition) is 0. The molecule has 8 heteroatoms. The van der Waals surface area contributed by atoms with Crippen LogP contribution in [0.3, 0.4) is 0 Å². The smallest absolute Gasteiger partial charge is 0.232 e. The van der Waals surface area contributed by atoms with Gasteiger partial charge in [-0.25, -0.2) is 9.97 Å². The second kappa shape index (κ2) is 9.07. The van der Waals surface area contributed by atoms with Crippen LogP contribution < -0.4 is 4.90 Å². The summed E-state index contributed by atoms with van der Waals surface area (Å²) >= 11 is 5.92. The van der Waals surface area contributed by atoms with Gasteiger partial charge in [-0.2, -0.15) is 15.7 Å². The normalized spacial score (nSPS) is 21.6. The number of benzene rings is 1. The number of rotatable bonds is 5. The van der Waals surface area contributed by atoms with Gasteiger partial charge in [0.05, 0.1) is 11.8 Å². The molecule has 2 aromatic rings. The minimum absolute atomic E-state index is 0.0476. The fourth-order valence-corrected chi connectivity index (χ4v) is 6.55. The van der Waals surface area contributed by atoms with Gasteiger partial charge in [-0.15, -0.1) is 0 Å². The first-order chi connectivity index (χ1) is 14.6. The first-order valence-electron chi connectivity index (χ1n) is 9.91. The summed E-state index contributed by atoms with van der Waals surface area (Å²) in [4.78, 5) is 36.7. The van der Waals surface area contributed by atoms with Crippen LogP contribution in [-0.4, -0.2) is 44.6 Å². The number of halogens is 1. The lowest BCUT2D eigenvalue weighted by Crippen LogP contribution is -2.31. The Morgan fingerprint density at radius 1 is 1.23 bits per heavy atom. The zero-order chi connectivity index (χ0) is 21.1. The Hall–Kier alpha value is -2.56. The molecule has 0 spiro atoms. The minimum atomic E-state index is -0.575. The van der Waals surface area contributed by atoms with Crippen LogP contribution in [0.1, 0.15) is 18.4 Å². The van der Waals surface area contributed by atoms with Crippen molar-refractivity contribution in [2.75, 3.05) is 23.0 Å². The number of amides is 1. The molecule has 1 aromatic carbocycles. The van der Waals surface area contributed by atoms with Crippen molar-refractivity contribution in [3.63, 3.8) is 0 Å². The van der Waals surface area contributed by atoms with Gasteiger partial charge < -0.3 is 0 Å². The van der Waals surface area contributed by atoms with E-state index in [1.807, 2.05) is 30.3 Å². The highest BCUT2D eigenvalue weighted by Crippen LogP contribution is 2.35. The monoisotopic (exact) mass is 440 g/mol. The number of carbonyl (C=O) groups excluding carboxylic acids is 2. The predicted molar refractivity (Wildman–Crippen MR) is 119 cm³/mol. The van der Waals surface area contributed by atoms with Crippen LogP contribution in [0.5, 0.6) is 0 Å². The third-order valence-corrected chi connectivity index (χ3v) is 8.23. The van der Waals surface area contributed by atoms with Crippen molar-refractivity contribution in [3.8, 4) is 6.07 Å². The topological polar surface area (TPSA) is 86.9 Å². The summed E-state index contributed by atoms with van der Waals surface area (Å²) in [5.41, 5.74) is 0.984. The fraction of sp³-hybridized carbons (Fsp3) is 0.364. The summed E-state index contributed by atoms with van der Waals surface area (Å²) in [7, 11) is -0.294. The van der Waals surface area contributed by atoms with Crippen LogP contribution in [0, 0.1) is 23.2 Å². The van der Waals surface area contributed by atoms with Crippen LogP contribution in [0.15, 0.2) is 42.6 Å². The summed E-state index contributed by atoms with van der Waals surface area (Å²) in [5, 5.41) is 9.79. The lowest BCUT2D eigenvalue weighted by Gasteiger charge is -2.16. The highest BCUT2D eigenvalue weighted by Gasteiger charge is 2.46. The van der Waals surface area contributed by atoms with Crippen molar-refractivity contribution < 1.29 is 9.59 Å². The molecule has 0 radical (unpaired) electrons. The van der Waals surface area contributed by atoms with Gasteiger partial charge in [0, 0.05) is 12.7 Å². The van der Waals surface area contributed by atoms with E-state index in [9.17, 15) is 14.9 Å². The Labute approximate surface area is 182 Å². The molecule has 2 aliphatic rings. The van der Waals surface area contributed by atoms with Gasteiger partial charge in [0.1, 0.15) is 16.8 Å². The van der Waals surface area contributed by atoms with Gasteiger partial charge >= 0.3 is 0 Å². The number of anilines is 1. The standard InChI is InChI=1S/C22H21ClN4O2S/c23-22-25-9-8-19(26-22)27-14-17(20(28)18(13-24)30-10-4-5-11-30)16(21(27)29)12-15-6-2-1-3-7-15/h1-3,6-9,16-17H,4-5,10-12,14H2/t16-,17+/m1/s1. The van der Waals surface area contributed by atoms with E-state index < -0.39 is 11.8 Å². The van der Waals surface area contributed by atoms with Gasteiger partial charge in [-0.3, -0.25) is 14.5 Å². The summed E-state index contributed by atoms with van der Waals surface area (Å²) in [5.74, 6) is 0.708. The summed E-state index contributed by atoms with van der Waals surface area (Å²) in [6.07, 6.45) is 4.03. The molecule has 30 heavy (non-hydrogen) atoms. The maximum absolute atomic E-state index is 13.5. The maximum Gasteiger partial charge on any atom is 0.232 e. The van der Waals surface area contributed by atoms with Gasteiger partial charge in [0.25, 0.3) is 0 Å². The van der Waals surface area contributed by atoms with Crippen molar-refractivity contribution in [2.24, 2.45) is 11.8 Å². The second-order valence-corrected chi connectivity index (χ2v) is 10.00. The molecule has 6 nitrogen and oxygen atoms in total. The Morgan fingerprint density at radius 3 is 2.63 bits per heavy atom. The Bertz CT molecular complexity index is 1040. The average Bonchev–Trinajstić information content (AvgIpc) is 3.39. The van der Waals surface area contributed by atoms with Crippen LogP contribution in [0.4, 0.5) is 5.82 Å². The number of aromatic nitrogens is 2. The molecule has 3 heterocycles. The number of ketones is 1. The van der Waals surface area contributed by atoms with E-state index in [1.165, 1.54) is 11.1 Å². The molecule has 0 aliphatic carbocycles. The Morgan fingerprint density at radius 2 is 1.97 bits per heavy atom. The Balaban J connectivity index is 1.70. The SMILES string of the molecule is N#CC(C(=O)[C@H]1CN(c2ccnc(Cl)n2)C(=O)[C@@H]1Cc1ccccc1)=S1CCCC1. The molecule has 2 atom stereocenters.